The first-order valence-corrected chi connectivity index (χ1v) is 4.35. The van der Waals surface area contributed by atoms with Gasteiger partial charge in [0.05, 0.1) is 4.92 Å². The van der Waals surface area contributed by atoms with Crippen molar-refractivity contribution in [1.82, 2.24) is 0 Å². The third kappa shape index (κ3) is 2.27. The highest BCUT2D eigenvalue weighted by molar-refractivity contribution is 5.41. The molecule has 0 saturated carbocycles. The fourth-order valence-electron chi connectivity index (χ4n) is 1.30. The van der Waals surface area contributed by atoms with Crippen LogP contribution in [-0.2, 0) is 0 Å². The second-order valence-corrected chi connectivity index (χ2v) is 3.00. The zero-order valence-electron chi connectivity index (χ0n) is 7.72. The molecule has 4 N–H and O–H groups in total. The lowest BCUT2D eigenvalue weighted by Crippen LogP contribution is -2.16. The molecule has 76 valence electrons. The molecule has 1 atom stereocenters. The lowest BCUT2D eigenvalue weighted by molar-refractivity contribution is -0.385. The average molecular weight is 195 g/mol. The number of benzene rings is 1. The van der Waals surface area contributed by atoms with E-state index in [9.17, 15) is 10.1 Å². The maximum Gasteiger partial charge on any atom is 0.274 e. The van der Waals surface area contributed by atoms with Crippen LogP contribution in [0.4, 0.5) is 5.69 Å². The van der Waals surface area contributed by atoms with E-state index in [1.54, 1.807) is 18.2 Å². The Morgan fingerprint density at radius 3 is 2.64 bits per heavy atom. The Labute approximate surface area is 81.9 Å². The van der Waals surface area contributed by atoms with Crippen LogP contribution < -0.4 is 11.5 Å². The van der Waals surface area contributed by atoms with Crippen molar-refractivity contribution in [2.45, 2.75) is 12.5 Å². The first-order chi connectivity index (χ1) is 6.66. The number of para-hydroxylation sites is 1. The van der Waals surface area contributed by atoms with Crippen LogP contribution in [-0.4, -0.2) is 11.5 Å². The summed E-state index contributed by atoms with van der Waals surface area (Å²) < 4.78 is 0. The first kappa shape index (κ1) is 10.6. The Morgan fingerprint density at radius 1 is 1.43 bits per heavy atom. The van der Waals surface area contributed by atoms with E-state index < -0.39 is 4.92 Å². The van der Waals surface area contributed by atoms with Crippen LogP contribution >= 0.6 is 0 Å². The summed E-state index contributed by atoms with van der Waals surface area (Å²) >= 11 is 0. The fraction of sp³-hybridized carbons (Fsp3) is 0.333. The van der Waals surface area contributed by atoms with Crippen molar-refractivity contribution >= 4 is 5.69 Å². The minimum Gasteiger partial charge on any atom is -0.330 e. The van der Waals surface area contributed by atoms with Gasteiger partial charge in [0.1, 0.15) is 0 Å². The van der Waals surface area contributed by atoms with Crippen molar-refractivity contribution in [1.29, 1.82) is 0 Å². The molecule has 0 bridgehead atoms. The molecule has 0 radical (unpaired) electrons. The first-order valence-electron chi connectivity index (χ1n) is 4.35. The van der Waals surface area contributed by atoms with Gasteiger partial charge in [-0.25, -0.2) is 0 Å². The van der Waals surface area contributed by atoms with Crippen LogP contribution in [0.1, 0.15) is 18.0 Å². The van der Waals surface area contributed by atoms with Crippen LogP contribution in [0.15, 0.2) is 24.3 Å². The van der Waals surface area contributed by atoms with E-state index in [-0.39, 0.29) is 11.7 Å². The largest absolute Gasteiger partial charge is 0.330 e. The summed E-state index contributed by atoms with van der Waals surface area (Å²) in [7, 11) is 0. The SMILES string of the molecule is NCCC(N)c1ccccc1[N+](=O)[O-]. The molecule has 0 spiro atoms. The minimum atomic E-state index is -0.425. The van der Waals surface area contributed by atoms with E-state index in [1.165, 1.54) is 6.07 Å². The number of nitro benzene ring substituents is 1. The van der Waals surface area contributed by atoms with Gasteiger partial charge in [0, 0.05) is 17.7 Å². The molecule has 1 unspecified atom stereocenters. The Bertz CT molecular complexity index is 328. The van der Waals surface area contributed by atoms with Gasteiger partial charge in [0.2, 0.25) is 0 Å². The van der Waals surface area contributed by atoms with Gasteiger partial charge in [-0.05, 0) is 13.0 Å². The van der Waals surface area contributed by atoms with E-state index in [2.05, 4.69) is 0 Å². The zero-order chi connectivity index (χ0) is 10.6. The third-order valence-corrected chi connectivity index (χ3v) is 2.01. The number of nitrogens with two attached hydrogens (primary N) is 2. The summed E-state index contributed by atoms with van der Waals surface area (Å²) in [6.45, 7) is 0.424. The molecule has 0 aliphatic rings. The number of hydrogen-bond acceptors (Lipinski definition) is 4. The molecule has 0 aliphatic heterocycles. The number of rotatable bonds is 4. The normalized spacial score (nSPS) is 12.4. The molecular formula is C9H13N3O2. The van der Waals surface area contributed by atoms with Gasteiger partial charge in [0.15, 0.2) is 0 Å². The van der Waals surface area contributed by atoms with Gasteiger partial charge < -0.3 is 11.5 Å². The zero-order valence-corrected chi connectivity index (χ0v) is 7.72. The van der Waals surface area contributed by atoms with Gasteiger partial charge >= 0.3 is 0 Å². The van der Waals surface area contributed by atoms with Crippen LogP contribution in [0, 0.1) is 10.1 Å². The molecule has 1 aromatic rings. The Hall–Kier alpha value is -1.46. The lowest BCUT2D eigenvalue weighted by atomic mass is 10.0. The molecule has 1 aromatic carbocycles. The number of nitro groups is 1. The predicted octanol–water partition coefficient (Wildman–Crippen LogP) is 0.943. The third-order valence-electron chi connectivity index (χ3n) is 2.01. The predicted molar refractivity (Wildman–Crippen MR) is 53.7 cm³/mol. The monoisotopic (exact) mass is 195 g/mol. The summed E-state index contributed by atoms with van der Waals surface area (Å²) in [6, 6.07) is 6.11. The van der Waals surface area contributed by atoms with E-state index in [0.29, 0.717) is 18.5 Å². The number of nitrogens with zero attached hydrogens (tertiary/aromatic N) is 1. The van der Waals surface area contributed by atoms with Crippen molar-refractivity contribution in [3.05, 3.63) is 39.9 Å². The van der Waals surface area contributed by atoms with Crippen molar-refractivity contribution < 1.29 is 4.92 Å². The van der Waals surface area contributed by atoms with Gasteiger partial charge in [-0.3, -0.25) is 10.1 Å². The van der Waals surface area contributed by atoms with Gasteiger partial charge in [-0.1, -0.05) is 18.2 Å². The molecule has 0 aromatic heterocycles. The Balaban J connectivity index is 3.00. The smallest absolute Gasteiger partial charge is 0.274 e. The van der Waals surface area contributed by atoms with Crippen LogP contribution in [0.2, 0.25) is 0 Å². The molecule has 0 saturated heterocycles. The van der Waals surface area contributed by atoms with Crippen LogP contribution in [0.3, 0.4) is 0 Å². The molecule has 0 heterocycles. The van der Waals surface area contributed by atoms with E-state index in [4.69, 9.17) is 11.5 Å². The summed E-state index contributed by atoms with van der Waals surface area (Å²) in [4.78, 5) is 10.2. The average Bonchev–Trinajstić information content (AvgIpc) is 2.18. The van der Waals surface area contributed by atoms with E-state index in [1.807, 2.05) is 0 Å². The maximum absolute atomic E-state index is 10.6. The molecule has 0 amide bonds. The van der Waals surface area contributed by atoms with Gasteiger partial charge in [-0.15, -0.1) is 0 Å². The highest BCUT2D eigenvalue weighted by atomic mass is 16.6. The van der Waals surface area contributed by atoms with Crippen LogP contribution in [0.5, 0.6) is 0 Å². The summed E-state index contributed by atoms with van der Waals surface area (Å²) in [5.41, 5.74) is 11.7. The second kappa shape index (κ2) is 4.69. The quantitative estimate of drug-likeness (QED) is 0.552. The molecule has 5 heteroatoms. The highest BCUT2D eigenvalue weighted by Crippen LogP contribution is 2.24. The maximum atomic E-state index is 10.6. The number of hydrogen-bond donors (Lipinski definition) is 2. The summed E-state index contributed by atoms with van der Waals surface area (Å²) in [5.74, 6) is 0. The van der Waals surface area contributed by atoms with E-state index >= 15 is 0 Å². The van der Waals surface area contributed by atoms with Crippen molar-refractivity contribution in [3.8, 4) is 0 Å². The van der Waals surface area contributed by atoms with Crippen molar-refractivity contribution in [3.63, 3.8) is 0 Å². The van der Waals surface area contributed by atoms with E-state index in [0.717, 1.165) is 0 Å². The molecular weight excluding hydrogens is 182 g/mol. The fourth-order valence-corrected chi connectivity index (χ4v) is 1.30. The Kier molecular flexibility index (Phi) is 3.55. The standard InChI is InChI=1S/C9H13N3O2/c10-6-5-8(11)7-3-1-2-4-9(7)12(13)14/h1-4,8H,5-6,10-11H2. The van der Waals surface area contributed by atoms with Crippen LogP contribution in [0.25, 0.3) is 0 Å². The minimum absolute atomic E-state index is 0.0634. The topological polar surface area (TPSA) is 95.2 Å². The Morgan fingerprint density at radius 2 is 2.07 bits per heavy atom. The van der Waals surface area contributed by atoms with Gasteiger partial charge in [0.25, 0.3) is 5.69 Å². The lowest BCUT2D eigenvalue weighted by Gasteiger charge is -2.10. The van der Waals surface area contributed by atoms with Crippen molar-refractivity contribution in [2.24, 2.45) is 11.5 Å². The second-order valence-electron chi connectivity index (χ2n) is 3.00. The molecule has 0 aliphatic carbocycles. The molecule has 1 rings (SSSR count). The van der Waals surface area contributed by atoms with Gasteiger partial charge in [-0.2, -0.15) is 0 Å². The highest BCUT2D eigenvalue weighted by Gasteiger charge is 2.17. The summed E-state index contributed by atoms with van der Waals surface area (Å²) in [5, 5.41) is 10.6. The molecule has 14 heavy (non-hydrogen) atoms. The van der Waals surface area contributed by atoms with Crippen molar-refractivity contribution in [2.75, 3.05) is 6.54 Å². The molecule has 5 nitrogen and oxygen atoms in total. The summed E-state index contributed by atoms with van der Waals surface area (Å²) in [6.07, 6.45) is 0.546. The molecule has 0 fully saturated rings.